The van der Waals surface area contributed by atoms with Crippen LogP contribution in [0.25, 0.3) is 0 Å². The molecular formula is C11H14F2O. The highest BCUT2D eigenvalue weighted by Crippen LogP contribution is 2.22. The van der Waals surface area contributed by atoms with E-state index in [9.17, 15) is 8.78 Å². The van der Waals surface area contributed by atoms with Gasteiger partial charge in [0.1, 0.15) is 0 Å². The lowest BCUT2D eigenvalue weighted by atomic mass is 9.98. The first-order chi connectivity index (χ1) is 6.60. The third-order valence-corrected chi connectivity index (χ3v) is 2.33. The quantitative estimate of drug-likeness (QED) is 0.795. The number of benzene rings is 1. The second kappa shape index (κ2) is 4.51. The van der Waals surface area contributed by atoms with E-state index >= 15 is 0 Å². The molecular weight excluding hydrogens is 186 g/mol. The summed E-state index contributed by atoms with van der Waals surface area (Å²) in [5.74, 6) is -2.04. The maximum absolute atomic E-state index is 13.3. The fourth-order valence-electron chi connectivity index (χ4n) is 1.33. The van der Waals surface area contributed by atoms with Gasteiger partial charge in [0.15, 0.2) is 11.6 Å². The predicted molar refractivity (Wildman–Crippen MR) is 51.2 cm³/mol. The molecule has 14 heavy (non-hydrogen) atoms. The lowest BCUT2D eigenvalue weighted by molar-refractivity contribution is 0.269. The molecule has 0 aliphatic rings. The van der Waals surface area contributed by atoms with E-state index in [0.29, 0.717) is 6.42 Å². The van der Waals surface area contributed by atoms with E-state index in [1.54, 1.807) is 13.0 Å². The molecule has 0 saturated carbocycles. The van der Waals surface area contributed by atoms with E-state index in [4.69, 9.17) is 5.11 Å². The average molecular weight is 200 g/mol. The van der Waals surface area contributed by atoms with Crippen LogP contribution in [0.15, 0.2) is 12.1 Å². The van der Waals surface area contributed by atoms with Crippen LogP contribution in [0.1, 0.15) is 30.9 Å². The molecule has 0 aromatic heterocycles. The summed E-state index contributed by atoms with van der Waals surface area (Å²) in [6, 6.07) is 2.81. The smallest absolute Gasteiger partial charge is 0.162 e. The Morgan fingerprint density at radius 2 is 2.00 bits per heavy atom. The maximum Gasteiger partial charge on any atom is 0.162 e. The predicted octanol–water partition coefficient (Wildman–Crippen LogP) is 2.62. The van der Waals surface area contributed by atoms with E-state index in [1.807, 2.05) is 6.92 Å². The topological polar surface area (TPSA) is 20.2 Å². The zero-order chi connectivity index (χ0) is 10.7. The number of rotatable bonds is 3. The lowest BCUT2D eigenvalue weighted by Crippen LogP contribution is -2.05. The standard InChI is InChI=1S/C11H14F2O/c1-3-8-4-9(7(2)6-14)11(13)10(12)5-8/h4-5,7,14H,3,6H2,1-2H3. The van der Waals surface area contributed by atoms with Gasteiger partial charge in [-0.3, -0.25) is 0 Å². The number of aliphatic hydroxyl groups is 1. The molecule has 1 nitrogen and oxygen atoms in total. The molecule has 1 unspecified atom stereocenters. The van der Waals surface area contributed by atoms with Gasteiger partial charge in [0.05, 0.1) is 0 Å². The molecule has 1 atom stereocenters. The molecule has 78 valence electrons. The van der Waals surface area contributed by atoms with Crippen molar-refractivity contribution in [3.05, 3.63) is 34.9 Å². The fourth-order valence-corrected chi connectivity index (χ4v) is 1.33. The van der Waals surface area contributed by atoms with Crippen molar-refractivity contribution in [3.8, 4) is 0 Å². The molecule has 0 amide bonds. The molecule has 0 heterocycles. The van der Waals surface area contributed by atoms with Crippen LogP contribution in [0.4, 0.5) is 8.78 Å². The van der Waals surface area contributed by atoms with Crippen LogP contribution in [-0.2, 0) is 6.42 Å². The normalized spacial score (nSPS) is 12.9. The summed E-state index contributed by atoms with van der Waals surface area (Å²) < 4.78 is 26.3. The van der Waals surface area contributed by atoms with Crippen molar-refractivity contribution >= 4 is 0 Å². The second-order valence-corrected chi connectivity index (χ2v) is 3.42. The lowest BCUT2D eigenvalue weighted by Gasteiger charge is -2.11. The Morgan fingerprint density at radius 3 is 2.50 bits per heavy atom. The summed E-state index contributed by atoms with van der Waals surface area (Å²) >= 11 is 0. The van der Waals surface area contributed by atoms with Crippen molar-refractivity contribution in [1.82, 2.24) is 0 Å². The average Bonchev–Trinajstić information content (AvgIpc) is 2.20. The number of halogens is 2. The van der Waals surface area contributed by atoms with Crippen molar-refractivity contribution in [2.24, 2.45) is 0 Å². The van der Waals surface area contributed by atoms with E-state index in [2.05, 4.69) is 0 Å². The SMILES string of the molecule is CCc1cc(F)c(F)c(C(C)CO)c1. The first-order valence-corrected chi connectivity index (χ1v) is 4.68. The minimum absolute atomic E-state index is 0.177. The van der Waals surface area contributed by atoms with E-state index in [1.165, 1.54) is 6.07 Å². The van der Waals surface area contributed by atoms with Crippen molar-refractivity contribution in [2.75, 3.05) is 6.61 Å². The van der Waals surface area contributed by atoms with E-state index in [0.717, 1.165) is 5.56 Å². The number of hydrogen-bond donors (Lipinski definition) is 1. The molecule has 0 bridgehead atoms. The molecule has 0 radical (unpaired) electrons. The van der Waals surface area contributed by atoms with Crippen LogP contribution in [0.3, 0.4) is 0 Å². The Labute approximate surface area is 82.4 Å². The molecule has 0 saturated heterocycles. The van der Waals surface area contributed by atoms with Crippen LogP contribution in [0, 0.1) is 11.6 Å². The van der Waals surface area contributed by atoms with E-state index in [-0.39, 0.29) is 18.1 Å². The van der Waals surface area contributed by atoms with Crippen LogP contribution in [0.5, 0.6) is 0 Å². The Balaban J connectivity index is 3.20. The largest absolute Gasteiger partial charge is 0.396 e. The Morgan fingerprint density at radius 1 is 1.36 bits per heavy atom. The summed E-state index contributed by atoms with van der Waals surface area (Å²) in [7, 11) is 0. The van der Waals surface area contributed by atoms with Gasteiger partial charge in [0.25, 0.3) is 0 Å². The van der Waals surface area contributed by atoms with Gasteiger partial charge in [-0.2, -0.15) is 0 Å². The molecule has 0 spiro atoms. The van der Waals surface area contributed by atoms with Crippen molar-refractivity contribution in [1.29, 1.82) is 0 Å². The minimum atomic E-state index is -0.844. The maximum atomic E-state index is 13.3. The third kappa shape index (κ3) is 2.10. The Kier molecular flexibility index (Phi) is 3.58. The van der Waals surface area contributed by atoms with Gasteiger partial charge in [0, 0.05) is 12.5 Å². The highest BCUT2D eigenvalue weighted by molar-refractivity contribution is 5.29. The van der Waals surface area contributed by atoms with Crippen LogP contribution < -0.4 is 0 Å². The highest BCUT2D eigenvalue weighted by Gasteiger charge is 2.15. The summed E-state index contributed by atoms with van der Waals surface area (Å²) in [4.78, 5) is 0. The summed E-state index contributed by atoms with van der Waals surface area (Å²) in [5, 5.41) is 8.88. The molecule has 1 rings (SSSR count). The highest BCUT2D eigenvalue weighted by atomic mass is 19.2. The Hall–Kier alpha value is -0.960. The zero-order valence-electron chi connectivity index (χ0n) is 8.35. The van der Waals surface area contributed by atoms with Crippen molar-refractivity contribution in [3.63, 3.8) is 0 Å². The number of aliphatic hydroxyl groups excluding tert-OH is 1. The first-order valence-electron chi connectivity index (χ1n) is 4.68. The van der Waals surface area contributed by atoms with Gasteiger partial charge in [0.2, 0.25) is 0 Å². The first kappa shape index (κ1) is 11.1. The summed E-state index contributed by atoms with van der Waals surface area (Å²) in [6.45, 7) is 3.36. The molecule has 0 aliphatic carbocycles. The summed E-state index contributed by atoms with van der Waals surface area (Å²) in [6.07, 6.45) is 0.655. The third-order valence-electron chi connectivity index (χ3n) is 2.33. The van der Waals surface area contributed by atoms with Gasteiger partial charge in [-0.15, -0.1) is 0 Å². The number of hydrogen-bond acceptors (Lipinski definition) is 1. The molecule has 0 aliphatic heterocycles. The van der Waals surface area contributed by atoms with Crippen LogP contribution in [-0.4, -0.2) is 11.7 Å². The number of aryl methyl sites for hydroxylation is 1. The Bertz CT molecular complexity index is 323. The second-order valence-electron chi connectivity index (χ2n) is 3.42. The minimum Gasteiger partial charge on any atom is -0.396 e. The van der Waals surface area contributed by atoms with Gasteiger partial charge < -0.3 is 5.11 Å². The van der Waals surface area contributed by atoms with Crippen LogP contribution >= 0.6 is 0 Å². The van der Waals surface area contributed by atoms with Crippen LogP contribution in [0.2, 0.25) is 0 Å². The van der Waals surface area contributed by atoms with Gasteiger partial charge >= 0.3 is 0 Å². The van der Waals surface area contributed by atoms with Crippen molar-refractivity contribution < 1.29 is 13.9 Å². The monoisotopic (exact) mass is 200 g/mol. The molecule has 0 fully saturated rings. The van der Waals surface area contributed by atoms with E-state index < -0.39 is 11.6 Å². The van der Waals surface area contributed by atoms with Crippen molar-refractivity contribution in [2.45, 2.75) is 26.2 Å². The molecule has 3 heteroatoms. The fraction of sp³-hybridized carbons (Fsp3) is 0.455. The van der Waals surface area contributed by atoms with Gasteiger partial charge in [-0.1, -0.05) is 19.9 Å². The zero-order valence-corrected chi connectivity index (χ0v) is 8.35. The molecule has 1 aromatic carbocycles. The van der Waals surface area contributed by atoms with Gasteiger partial charge in [-0.05, 0) is 23.6 Å². The van der Waals surface area contributed by atoms with Gasteiger partial charge in [-0.25, -0.2) is 8.78 Å². The summed E-state index contributed by atoms with van der Waals surface area (Å²) in [5.41, 5.74) is 1.00. The molecule has 1 N–H and O–H groups in total. The molecule has 1 aromatic rings.